The Bertz CT molecular complexity index is 2870. The molecule has 4 aromatic rings. The summed E-state index contributed by atoms with van der Waals surface area (Å²) in [4.78, 5) is 76.6. The predicted octanol–water partition coefficient (Wildman–Crippen LogP) is 0.908. The number of hydrogen-bond acceptors (Lipinski definition) is 16. The van der Waals surface area contributed by atoms with Crippen LogP contribution in [0.4, 0.5) is 5.69 Å². The van der Waals surface area contributed by atoms with Gasteiger partial charge in [-0.2, -0.15) is 21.8 Å². The zero-order valence-corrected chi connectivity index (χ0v) is 40.9. The lowest BCUT2D eigenvalue weighted by molar-refractivity contribution is -0.148. The van der Waals surface area contributed by atoms with Crippen molar-refractivity contribution in [3.8, 4) is 11.5 Å². The molecule has 0 amide bonds. The maximum absolute atomic E-state index is 13.6. The largest absolute Gasteiger partial charge is 0.481 e. The van der Waals surface area contributed by atoms with Gasteiger partial charge in [-0.15, -0.1) is 0 Å². The molecule has 74 heavy (non-hydrogen) atoms. The van der Waals surface area contributed by atoms with E-state index in [1.54, 1.807) is 12.1 Å². The number of esters is 2. The third kappa shape index (κ3) is 19.3. The van der Waals surface area contributed by atoms with E-state index >= 15 is 0 Å². The van der Waals surface area contributed by atoms with Gasteiger partial charge in [-0.25, -0.2) is 23.0 Å². The van der Waals surface area contributed by atoms with Crippen LogP contribution in [0.5, 0.6) is 11.5 Å². The van der Waals surface area contributed by atoms with Crippen molar-refractivity contribution in [2.45, 2.75) is 44.3 Å². The average Bonchev–Trinajstić information content (AvgIpc) is 3.32. The van der Waals surface area contributed by atoms with E-state index in [0.717, 1.165) is 5.56 Å². The van der Waals surface area contributed by atoms with Gasteiger partial charge < -0.3 is 56.6 Å². The number of benzene rings is 4. The van der Waals surface area contributed by atoms with Crippen molar-refractivity contribution >= 4 is 73.5 Å². The minimum absolute atomic E-state index is 0.0445. The second kappa shape index (κ2) is 27.8. The maximum Gasteiger partial charge on any atom is 0.343 e. The molecule has 12 N–H and O–H groups in total. The molecule has 0 bridgehead atoms. The summed E-state index contributed by atoms with van der Waals surface area (Å²) in [6.07, 6.45) is -2.17. The third-order valence-corrected chi connectivity index (χ3v) is 13.7. The van der Waals surface area contributed by atoms with E-state index < -0.39 is 120 Å². The number of rotatable bonds is 32. The highest BCUT2D eigenvalue weighted by atomic mass is 32.2. The molecule has 26 nitrogen and oxygen atoms in total. The van der Waals surface area contributed by atoms with Crippen LogP contribution in [0.3, 0.4) is 0 Å². The molecular weight excluding hydrogens is 1020 g/mol. The number of nitrogens with one attached hydrogen (secondary N) is 2. The first-order valence-corrected chi connectivity index (χ1v) is 25.0. The molecule has 398 valence electrons. The summed E-state index contributed by atoms with van der Waals surface area (Å²) in [7, 11) is -9.23. The predicted molar refractivity (Wildman–Crippen MR) is 262 cm³/mol. The Kier molecular flexibility index (Phi) is 22.1. The Morgan fingerprint density at radius 2 is 1.03 bits per heavy atom. The zero-order valence-electron chi connectivity index (χ0n) is 39.3. The van der Waals surface area contributed by atoms with Crippen molar-refractivity contribution in [2.75, 3.05) is 45.3 Å². The molecule has 28 heteroatoms. The first kappa shape index (κ1) is 58.7. The number of aliphatic imine (C=N–C) groups is 1. The molecule has 0 saturated carbocycles. The highest BCUT2D eigenvalue weighted by Gasteiger charge is 2.37. The molecule has 2 atom stereocenters. The van der Waals surface area contributed by atoms with Crippen LogP contribution in [0.25, 0.3) is 0 Å². The summed E-state index contributed by atoms with van der Waals surface area (Å²) in [6.45, 7) is -3.26. The highest BCUT2D eigenvalue weighted by molar-refractivity contribution is 7.89. The number of sulfonamides is 1. The van der Waals surface area contributed by atoms with Crippen LogP contribution in [-0.4, -0.2) is 151 Å². The normalized spacial score (nSPS) is 12.4. The fourth-order valence-electron chi connectivity index (χ4n) is 6.67. The molecule has 0 aliphatic heterocycles. The number of ether oxygens (including phenoxy) is 4. The van der Waals surface area contributed by atoms with Crippen molar-refractivity contribution in [3.05, 3.63) is 125 Å². The number of carboxylic acid groups (broad SMARTS) is 4. The summed E-state index contributed by atoms with van der Waals surface area (Å²) in [5.41, 5.74) is 18.4. The van der Waals surface area contributed by atoms with Gasteiger partial charge in [0.2, 0.25) is 10.0 Å². The van der Waals surface area contributed by atoms with Crippen LogP contribution in [0, 0.1) is 5.41 Å². The minimum atomic E-state index is -4.74. The number of guanidine groups is 1. The molecular formula is C46H54N8O18S2. The summed E-state index contributed by atoms with van der Waals surface area (Å²) in [6, 6.07) is 19.4. The fraction of sp³-hybridized carbons (Fsp3) is 0.304. The van der Waals surface area contributed by atoms with Gasteiger partial charge in [-0.1, -0.05) is 36.4 Å². The fourth-order valence-corrected chi connectivity index (χ4v) is 9.63. The summed E-state index contributed by atoms with van der Waals surface area (Å²) in [5, 5.41) is 45.9. The number of carbonyl (C=O) groups is 6. The van der Waals surface area contributed by atoms with Crippen LogP contribution in [-0.2, 0) is 68.3 Å². The molecule has 0 radical (unpaired) electrons. The Labute approximate surface area is 424 Å². The van der Waals surface area contributed by atoms with Gasteiger partial charge >= 0.3 is 35.8 Å². The minimum Gasteiger partial charge on any atom is -0.481 e. The van der Waals surface area contributed by atoms with Crippen molar-refractivity contribution in [1.82, 2.24) is 13.3 Å². The van der Waals surface area contributed by atoms with Crippen LogP contribution in [0.1, 0.15) is 50.2 Å². The van der Waals surface area contributed by atoms with Crippen molar-refractivity contribution < 1.29 is 85.0 Å². The number of carbonyl (C=O) groups excluding carboxylic acids is 2. The van der Waals surface area contributed by atoms with E-state index in [1.165, 1.54) is 84.9 Å². The quantitative estimate of drug-likeness (QED) is 0.0108. The average molecular weight is 1070 g/mol. The second-order valence-corrected chi connectivity index (χ2v) is 19.5. The maximum atomic E-state index is 13.6. The van der Waals surface area contributed by atoms with E-state index in [0.29, 0.717) is 25.4 Å². The van der Waals surface area contributed by atoms with Gasteiger partial charge in [-0.05, 0) is 83.8 Å². The number of carboxylic acids is 4. The molecule has 0 aromatic heterocycles. The summed E-state index contributed by atoms with van der Waals surface area (Å²) >= 11 is 0. The number of amidine groups is 1. The monoisotopic (exact) mass is 1070 g/mol. The number of aryl methyl sites for hydroxylation is 1. The number of aliphatic carboxylic acids is 4. The van der Waals surface area contributed by atoms with Gasteiger partial charge in [0, 0.05) is 26.1 Å². The van der Waals surface area contributed by atoms with E-state index in [4.69, 9.17) is 41.6 Å². The van der Waals surface area contributed by atoms with Crippen LogP contribution < -0.4 is 31.4 Å². The molecule has 0 spiro atoms. The van der Waals surface area contributed by atoms with Crippen LogP contribution in [0.15, 0.2) is 102 Å². The van der Waals surface area contributed by atoms with Gasteiger partial charge in [0.15, 0.2) is 5.96 Å². The molecule has 0 saturated heterocycles. The van der Waals surface area contributed by atoms with Gasteiger partial charge in [0.05, 0.1) is 67.7 Å². The SMILES string of the molecule is N=C(N)Cc1ccc(C(=O)Oc2ccc(CCS(=O)(=O)N(CCOCCOCCN([C@@H](CC(=O)O)C(=O)O)S(=O)(=O)NCc3ccc(OC(=O)c4ccc(N=C(N)N)cc4)cc3)[C@@H](CC(=O)O)C(=O)O)cc2)cc1. The number of hydrogen-bond donors (Lipinski definition) is 9. The first-order chi connectivity index (χ1) is 34.9. The molecule has 0 heterocycles. The Morgan fingerprint density at radius 3 is 1.47 bits per heavy atom. The Morgan fingerprint density at radius 1 is 0.595 bits per heavy atom. The lowest BCUT2D eigenvalue weighted by Gasteiger charge is -2.27. The van der Waals surface area contributed by atoms with Crippen LogP contribution >= 0.6 is 0 Å². The lowest BCUT2D eigenvalue weighted by Crippen LogP contribution is -2.51. The number of nitrogens with two attached hydrogens (primary N) is 3. The van der Waals surface area contributed by atoms with Gasteiger partial charge in [0.1, 0.15) is 23.6 Å². The standard InChI is InChI=1S/C46H54N8O18S2/c47-39(48)25-30-1-7-32(8-2-30)44(63)71-35-13-3-29(4-14-35)17-24-73(65,66)53(37(42(59)60)26-40(55)56)18-20-69-22-23-70-21-19-54(38(43(61)62)27-41(57)58)74(67,68)51-28-31-5-15-36(16-6-31)72-45(64)33-9-11-34(12-10-33)52-46(49)50/h1-16,37-38,51H,17-28H2,(H3,47,48)(H,55,56)(H,57,58)(H,59,60)(H,61,62)(H4,49,50,52)/t37-,38-/m0/s1. The van der Waals surface area contributed by atoms with Crippen molar-refractivity contribution in [1.29, 1.82) is 5.41 Å². The Balaban J connectivity index is 1.30. The topological polar surface area (TPSA) is 421 Å². The van der Waals surface area contributed by atoms with Gasteiger partial charge in [0.25, 0.3) is 10.2 Å². The summed E-state index contributed by atoms with van der Waals surface area (Å²) in [5.74, 6) is -8.78. The molecule has 0 aliphatic rings. The van der Waals surface area contributed by atoms with E-state index in [9.17, 15) is 66.0 Å². The van der Waals surface area contributed by atoms with E-state index in [-0.39, 0.29) is 60.5 Å². The smallest absolute Gasteiger partial charge is 0.343 e. The number of nitrogens with zero attached hydrogens (tertiary/aromatic N) is 3. The van der Waals surface area contributed by atoms with Gasteiger partial charge in [-0.3, -0.25) is 24.6 Å². The molecule has 0 fully saturated rings. The molecule has 4 rings (SSSR count). The Hall–Kier alpha value is -7.86. The van der Waals surface area contributed by atoms with Crippen molar-refractivity contribution in [2.24, 2.45) is 22.2 Å². The van der Waals surface area contributed by atoms with Crippen LogP contribution in [0.2, 0.25) is 0 Å². The summed E-state index contributed by atoms with van der Waals surface area (Å²) < 4.78 is 78.9. The zero-order chi connectivity index (χ0) is 54.6. The second-order valence-electron chi connectivity index (χ2n) is 15.8. The third-order valence-electron chi connectivity index (χ3n) is 10.3. The van der Waals surface area contributed by atoms with E-state index in [1.807, 2.05) is 0 Å². The first-order valence-electron chi connectivity index (χ1n) is 22.0. The van der Waals surface area contributed by atoms with E-state index in [2.05, 4.69) is 9.71 Å². The molecule has 0 unspecified atom stereocenters. The highest BCUT2D eigenvalue weighted by Crippen LogP contribution is 2.21. The molecule has 0 aliphatic carbocycles. The lowest BCUT2D eigenvalue weighted by atomic mass is 10.1. The van der Waals surface area contributed by atoms with Crippen molar-refractivity contribution in [3.63, 3.8) is 0 Å². The molecule has 4 aromatic carbocycles.